The van der Waals surface area contributed by atoms with E-state index in [9.17, 15) is 9.59 Å². The topological polar surface area (TPSA) is 75.8 Å². The van der Waals surface area contributed by atoms with Crippen molar-refractivity contribution in [3.63, 3.8) is 0 Å². The molecule has 184 valence electrons. The number of hydrogen-bond acceptors (Lipinski definition) is 4. The van der Waals surface area contributed by atoms with E-state index in [1.165, 1.54) is 0 Å². The molecule has 5 nitrogen and oxygen atoms in total. The minimum absolute atomic E-state index is 0.00344. The van der Waals surface area contributed by atoms with Gasteiger partial charge in [-0.25, -0.2) is 4.79 Å². The molecule has 1 aliphatic rings. The molecule has 34 heavy (non-hydrogen) atoms. The summed E-state index contributed by atoms with van der Waals surface area (Å²) in [6.45, 7) is 14.6. The van der Waals surface area contributed by atoms with Crippen molar-refractivity contribution in [1.29, 1.82) is 0 Å². The van der Waals surface area contributed by atoms with Crippen molar-refractivity contribution < 1.29 is 14.3 Å². The molecule has 3 rings (SSSR count). The lowest BCUT2D eigenvalue weighted by molar-refractivity contribution is -0.0167. The minimum atomic E-state index is -3.19. The molecule has 0 radical (unpaired) electrons. The predicted molar refractivity (Wildman–Crippen MR) is 142 cm³/mol. The van der Waals surface area contributed by atoms with Crippen LogP contribution in [0.25, 0.3) is 0 Å². The van der Waals surface area contributed by atoms with Gasteiger partial charge in [-0.3, -0.25) is 4.90 Å². The van der Waals surface area contributed by atoms with Crippen LogP contribution in [0.2, 0.25) is 5.04 Å². The molecule has 1 amide bonds. The Kier molecular flexibility index (Phi) is 7.75. The van der Waals surface area contributed by atoms with Gasteiger partial charge in [-0.1, -0.05) is 87.5 Å². The number of hydrogen-bond donors (Lipinski definition) is 2. The number of rotatable bonds is 10. The van der Waals surface area contributed by atoms with Crippen LogP contribution in [0.15, 0.2) is 73.3 Å². The first-order valence-corrected chi connectivity index (χ1v) is 14.2. The molecule has 1 fully saturated rings. The van der Waals surface area contributed by atoms with Gasteiger partial charge < -0.3 is 15.3 Å². The van der Waals surface area contributed by atoms with E-state index >= 15 is 0 Å². The van der Waals surface area contributed by atoms with E-state index in [4.69, 9.17) is 10.5 Å². The van der Waals surface area contributed by atoms with Crippen LogP contribution >= 0.6 is 0 Å². The number of nitrogens with zero attached hydrogens (tertiary/aromatic N) is 1. The van der Waals surface area contributed by atoms with E-state index in [1.807, 2.05) is 74.5 Å². The maximum Gasteiger partial charge on any atom is 0.411 e. The summed E-state index contributed by atoms with van der Waals surface area (Å²) in [5.41, 5.74) is 5.66. The van der Waals surface area contributed by atoms with E-state index in [2.05, 4.69) is 27.4 Å². The second-order valence-electron chi connectivity index (χ2n) is 10.4. The van der Waals surface area contributed by atoms with Crippen LogP contribution in [0.3, 0.4) is 0 Å². The number of amides is 1. The lowest BCUT2D eigenvalue weighted by atomic mass is 9.74. The van der Waals surface area contributed by atoms with Crippen LogP contribution in [-0.2, 0) is 4.74 Å². The summed E-state index contributed by atoms with van der Waals surface area (Å²) in [4.78, 5) is 27.2. The van der Waals surface area contributed by atoms with Crippen LogP contribution in [0.1, 0.15) is 47.5 Å². The molecular weight excluding hydrogens is 440 g/mol. The van der Waals surface area contributed by atoms with Crippen LogP contribution in [0.4, 0.5) is 4.79 Å². The van der Waals surface area contributed by atoms with Gasteiger partial charge in [0.15, 0.2) is 0 Å². The van der Waals surface area contributed by atoms with Gasteiger partial charge in [0.2, 0.25) is 0 Å². The van der Waals surface area contributed by atoms with E-state index in [0.717, 1.165) is 16.8 Å². The average Bonchev–Trinajstić information content (AvgIpc) is 3.08. The van der Waals surface area contributed by atoms with Gasteiger partial charge in [0.1, 0.15) is 5.60 Å². The fourth-order valence-electron chi connectivity index (χ4n) is 6.01. The zero-order chi connectivity index (χ0) is 25.1. The molecule has 1 heterocycles. The Hall–Kier alpha value is -2.41. The fourth-order valence-corrected chi connectivity index (χ4v) is 9.80. The third kappa shape index (κ3) is 4.47. The first-order chi connectivity index (χ1) is 16.0. The number of benzene rings is 2. The SMILES string of the molecule is C=CCN1C(=O)O[C@](C)([C@@H](CC)CC(C)(C)[Si](O)(c2ccccc2)c2ccccc2)[C@H]1[C@@H](C)N. The van der Waals surface area contributed by atoms with Crippen molar-refractivity contribution in [2.45, 2.75) is 70.2 Å². The van der Waals surface area contributed by atoms with E-state index in [0.29, 0.717) is 13.0 Å². The van der Waals surface area contributed by atoms with Crippen molar-refractivity contribution in [2.24, 2.45) is 11.7 Å². The molecule has 2 aromatic rings. The van der Waals surface area contributed by atoms with Gasteiger partial charge in [0.25, 0.3) is 8.32 Å². The second-order valence-corrected chi connectivity index (χ2v) is 14.4. The third-order valence-corrected chi connectivity index (χ3v) is 12.2. The summed E-state index contributed by atoms with van der Waals surface area (Å²) < 4.78 is 6.10. The lowest BCUT2D eigenvalue weighted by Crippen LogP contribution is -2.66. The first-order valence-electron chi connectivity index (χ1n) is 12.2. The maximum absolute atomic E-state index is 12.9. The lowest BCUT2D eigenvalue weighted by Gasteiger charge is -2.47. The summed E-state index contributed by atoms with van der Waals surface area (Å²) >= 11 is 0. The number of cyclic esters (lactones) is 1. The normalized spacial score (nSPS) is 22.9. The highest BCUT2D eigenvalue weighted by Gasteiger charge is 2.59. The summed E-state index contributed by atoms with van der Waals surface area (Å²) in [6.07, 6.45) is 2.85. The summed E-state index contributed by atoms with van der Waals surface area (Å²) in [5, 5.41) is 1.50. The number of carbonyl (C=O) groups excluding carboxylic acids is 1. The summed E-state index contributed by atoms with van der Waals surface area (Å²) in [5.74, 6) is 0.00344. The Morgan fingerprint density at radius 2 is 1.68 bits per heavy atom. The van der Waals surface area contributed by atoms with Crippen molar-refractivity contribution in [3.05, 3.63) is 73.3 Å². The van der Waals surface area contributed by atoms with Crippen molar-refractivity contribution in [1.82, 2.24) is 4.90 Å². The molecule has 0 aromatic heterocycles. The van der Waals surface area contributed by atoms with Gasteiger partial charge >= 0.3 is 6.09 Å². The Labute approximate surface area is 205 Å². The number of nitrogens with two attached hydrogens (primary N) is 1. The quantitative estimate of drug-likeness (QED) is 0.397. The molecule has 6 heteroatoms. The average molecular weight is 481 g/mol. The van der Waals surface area contributed by atoms with Crippen molar-refractivity contribution in [2.75, 3.05) is 6.54 Å². The van der Waals surface area contributed by atoms with Gasteiger partial charge in [-0.2, -0.15) is 0 Å². The Balaban J connectivity index is 2.07. The predicted octanol–water partition coefficient (Wildman–Crippen LogP) is 4.05. The second kappa shape index (κ2) is 10.1. The fraction of sp³-hybridized carbons (Fsp3) is 0.464. The molecule has 1 saturated heterocycles. The van der Waals surface area contributed by atoms with Gasteiger partial charge in [0.05, 0.1) is 6.04 Å². The molecule has 0 saturated carbocycles. The molecule has 0 aliphatic carbocycles. The summed E-state index contributed by atoms with van der Waals surface area (Å²) in [6, 6.07) is 19.5. The summed E-state index contributed by atoms with van der Waals surface area (Å²) in [7, 11) is -3.19. The highest BCUT2D eigenvalue weighted by Crippen LogP contribution is 2.49. The third-order valence-electron chi connectivity index (χ3n) is 7.71. The molecule has 3 N–H and O–H groups in total. The van der Waals surface area contributed by atoms with E-state index in [-0.39, 0.29) is 24.1 Å². The van der Waals surface area contributed by atoms with E-state index in [1.54, 1.807) is 11.0 Å². The smallest absolute Gasteiger partial charge is 0.411 e. The van der Waals surface area contributed by atoms with Gasteiger partial charge in [0, 0.05) is 18.5 Å². The molecule has 0 spiro atoms. The molecular formula is C28H40N2O3Si. The van der Waals surface area contributed by atoms with Crippen LogP contribution in [-0.4, -0.2) is 48.3 Å². The highest BCUT2D eigenvalue weighted by atomic mass is 28.4. The molecule has 1 aliphatic heterocycles. The monoisotopic (exact) mass is 480 g/mol. The van der Waals surface area contributed by atoms with Crippen LogP contribution < -0.4 is 16.1 Å². The van der Waals surface area contributed by atoms with Crippen molar-refractivity contribution >= 4 is 24.8 Å². The first kappa shape index (κ1) is 26.2. The molecule has 0 unspecified atom stereocenters. The maximum atomic E-state index is 12.9. The molecule has 4 atom stereocenters. The van der Waals surface area contributed by atoms with Crippen molar-refractivity contribution in [3.8, 4) is 0 Å². The van der Waals surface area contributed by atoms with Gasteiger partial charge in [-0.05, 0) is 42.1 Å². The zero-order valence-electron chi connectivity index (χ0n) is 21.2. The Bertz CT molecular complexity index is 940. The van der Waals surface area contributed by atoms with Gasteiger partial charge in [-0.15, -0.1) is 6.58 Å². The zero-order valence-corrected chi connectivity index (χ0v) is 22.2. The standard InChI is InChI=1S/C28H40N2O3Si/c1-7-19-30-25(21(3)29)28(6,33-26(30)31)22(8-2)20-27(4,5)34(32,23-15-11-9-12-16-23)24-17-13-10-14-18-24/h7,9-18,21-22,25,32H,1,8,19-20,29H2,2-6H3/t21-,22+,25-,28-/m1/s1. The van der Waals surface area contributed by atoms with Crippen LogP contribution in [0.5, 0.6) is 0 Å². The largest absolute Gasteiger partial charge is 0.441 e. The van der Waals surface area contributed by atoms with Crippen LogP contribution in [0, 0.1) is 5.92 Å². The number of carbonyl (C=O) groups is 1. The Morgan fingerprint density at radius 1 is 1.18 bits per heavy atom. The Morgan fingerprint density at radius 3 is 2.09 bits per heavy atom. The molecule has 0 bridgehead atoms. The van der Waals surface area contributed by atoms with E-state index < -0.39 is 19.0 Å². The highest BCUT2D eigenvalue weighted by molar-refractivity contribution is 6.98. The molecule has 2 aromatic carbocycles. The minimum Gasteiger partial charge on any atom is -0.441 e. The number of ether oxygens (including phenoxy) is 1.